The van der Waals surface area contributed by atoms with Crippen molar-refractivity contribution in [3.05, 3.63) is 59.9 Å². The van der Waals surface area contributed by atoms with Crippen LogP contribution in [0.3, 0.4) is 0 Å². The van der Waals surface area contributed by atoms with E-state index < -0.39 is 0 Å². The molecule has 166 valence electrons. The zero-order valence-corrected chi connectivity index (χ0v) is 19.0. The van der Waals surface area contributed by atoms with Crippen molar-refractivity contribution in [2.24, 2.45) is 0 Å². The molecule has 0 fully saturated rings. The van der Waals surface area contributed by atoms with Crippen LogP contribution in [-0.2, 0) is 6.67 Å². The van der Waals surface area contributed by atoms with Crippen LogP contribution in [0.2, 0.25) is 5.02 Å². The molecular formula is C23H23ClN4O4. The molecule has 8 nitrogen and oxygen atoms in total. The van der Waals surface area contributed by atoms with Gasteiger partial charge in [-0.1, -0.05) is 11.6 Å². The molecule has 0 saturated carbocycles. The fourth-order valence-electron chi connectivity index (χ4n) is 3.44. The van der Waals surface area contributed by atoms with Gasteiger partial charge < -0.3 is 18.9 Å². The Labute approximate surface area is 190 Å². The van der Waals surface area contributed by atoms with Gasteiger partial charge in [-0.2, -0.15) is 10.2 Å². The highest BCUT2D eigenvalue weighted by atomic mass is 35.5. The molecular weight excluding hydrogens is 432 g/mol. The largest absolute Gasteiger partial charge is 0.493 e. The van der Waals surface area contributed by atoms with Gasteiger partial charge in [0.2, 0.25) is 0 Å². The van der Waals surface area contributed by atoms with Crippen LogP contribution < -0.4 is 18.9 Å². The fraction of sp³-hybridized carbons (Fsp3) is 0.217. The number of hydrogen-bond donors (Lipinski definition) is 0. The van der Waals surface area contributed by atoms with E-state index in [1.807, 2.05) is 47.1 Å². The van der Waals surface area contributed by atoms with Crippen molar-refractivity contribution >= 4 is 11.6 Å². The third-order valence-electron chi connectivity index (χ3n) is 5.02. The summed E-state index contributed by atoms with van der Waals surface area (Å²) in [6, 6.07) is 13.5. The second-order valence-corrected chi connectivity index (χ2v) is 7.33. The van der Waals surface area contributed by atoms with Crippen LogP contribution in [0.4, 0.5) is 0 Å². The van der Waals surface area contributed by atoms with Gasteiger partial charge in [-0.3, -0.25) is 0 Å². The molecule has 0 aliphatic heterocycles. The number of nitrogens with zero attached hydrogens (tertiary/aromatic N) is 4. The first-order valence-electron chi connectivity index (χ1n) is 9.77. The molecule has 9 heteroatoms. The molecule has 0 aliphatic rings. The van der Waals surface area contributed by atoms with E-state index >= 15 is 0 Å². The molecule has 2 heterocycles. The molecule has 0 spiro atoms. The van der Waals surface area contributed by atoms with E-state index in [1.54, 1.807) is 45.5 Å². The number of aromatic nitrogens is 4. The lowest BCUT2D eigenvalue weighted by molar-refractivity contribution is 0.355. The van der Waals surface area contributed by atoms with Crippen LogP contribution in [0.15, 0.2) is 54.9 Å². The fourth-order valence-corrected chi connectivity index (χ4v) is 3.60. The van der Waals surface area contributed by atoms with E-state index in [0.29, 0.717) is 34.7 Å². The minimum absolute atomic E-state index is 0.379. The van der Waals surface area contributed by atoms with Crippen LogP contribution >= 0.6 is 11.6 Å². The molecule has 0 radical (unpaired) electrons. The van der Waals surface area contributed by atoms with Gasteiger partial charge in [0.1, 0.15) is 6.67 Å². The lowest BCUT2D eigenvalue weighted by atomic mass is 10.1. The van der Waals surface area contributed by atoms with Gasteiger partial charge >= 0.3 is 0 Å². The maximum atomic E-state index is 6.05. The van der Waals surface area contributed by atoms with Crippen LogP contribution in [0, 0.1) is 0 Å². The highest BCUT2D eigenvalue weighted by Gasteiger charge is 2.16. The van der Waals surface area contributed by atoms with Crippen molar-refractivity contribution < 1.29 is 18.9 Å². The van der Waals surface area contributed by atoms with Crippen molar-refractivity contribution in [2.75, 3.05) is 28.4 Å². The normalized spacial score (nSPS) is 10.8. The zero-order valence-electron chi connectivity index (χ0n) is 18.2. The topological polar surface area (TPSA) is 72.6 Å². The Kier molecular flexibility index (Phi) is 6.23. The van der Waals surface area contributed by atoms with Crippen molar-refractivity contribution in [1.82, 2.24) is 19.6 Å². The average molecular weight is 455 g/mol. The molecule has 2 aromatic heterocycles. The van der Waals surface area contributed by atoms with Gasteiger partial charge in [0.05, 0.1) is 51.0 Å². The second-order valence-electron chi connectivity index (χ2n) is 6.89. The summed E-state index contributed by atoms with van der Waals surface area (Å²) in [5.41, 5.74) is 3.46. The van der Waals surface area contributed by atoms with Crippen molar-refractivity contribution in [3.63, 3.8) is 0 Å². The summed E-state index contributed by atoms with van der Waals surface area (Å²) in [5.74, 6) is 2.57. The molecule has 0 atom stereocenters. The summed E-state index contributed by atoms with van der Waals surface area (Å²) >= 11 is 6.05. The molecule has 2 aromatic carbocycles. The summed E-state index contributed by atoms with van der Waals surface area (Å²) in [6.07, 6.45) is 3.34. The van der Waals surface area contributed by atoms with Crippen LogP contribution in [0.5, 0.6) is 23.0 Å². The van der Waals surface area contributed by atoms with Gasteiger partial charge in [0.25, 0.3) is 0 Å². The monoisotopic (exact) mass is 454 g/mol. The number of hydrogen-bond acceptors (Lipinski definition) is 6. The Morgan fingerprint density at radius 2 is 1.38 bits per heavy atom. The van der Waals surface area contributed by atoms with Gasteiger partial charge in [-0.05, 0) is 42.5 Å². The predicted molar refractivity (Wildman–Crippen MR) is 122 cm³/mol. The first-order valence-corrected chi connectivity index (χ1v) is 10.1. The maximum absolute atomic E-state index is 6.05. The summed E-state index contributed by atoms with van der Waals surface area (Å²) in [6.45, 7) is 0.379. The van der Waals surface area contributed by atoms with Crippen LogP contribution in [-0.4, -0.2) is 48.0 Å². The van der Waals surface area contributed by atoms with Crippen LogP contribution in [0.1, 0.15) is 0 Å². The molecule has 4 aromatic rings. The predicted octanol–water partition coefficient (Wildman–Crippen LogP) is 4.61. The zero-order chi connectivity index (χ0) is 22.7. The smallest absolute Gasteiger partial charge is 0.161 e. The molecule has 4 rings (SSSR count). The quantitative estimate of drug-likeness (QED) is 0.387. The summed E-state index contributed by atoms with van der Waals surface area (Å²) in [5, 5.41) is 9.68. The first-order chi connectivity index (χ1) is 15.6. The number of ether oxygens (including phenoxy) is 4. The number of rotatable bonds is 8. The molecule has 0 N–H and O–H groups in total. The molecule has 32 heavy (non-hydrogen) atoms. The van der Waals surface area contributed by atoms with E-state index in [9.17, 15) is 0 Å². The molecule has 0 bridgehead atoms. The van der Waals surface area contributed by atoms with E-state index in [-0.39, 0.29) is 0 Å². The Balaban J connectivity index is 1.82. The van der Waals surface area contributed by atoms with Gasteiger partial charge in [-0.15, -0.1) is 0 Å². The highest BCUT2D eigenvalue weighted by molar-refractivity contribution is 6.30. The number of methoxy groups -OCH3 is 4. The van der Waals surface area contributed by atoms with Crippen molar-refractivity contribution in [3.8, 4) is 45.5 Å². The SMILES string of the molecule is COc1ccc(-c2cc(-c3ccc(OC)c(OC)c3)n(Cn3cc(Cl)cn3)n2)cc1OC. The highest BCUT2D eigenvalue weighted by Crippen LogP contribution is 2.36. The average Bonchev–Trinajstić information content (AvgIpc) is 3.44. The summed E-state index contributed by atoms with van der Waals surface area (Å²) in [7, 11) is 6.44. The number of halogens is 1. The lowest BCUT2D eigenvalue weighted by Crippen LogP contribution is -2.11. The third-order valence-corrected chi connectivity index (χ3v) is 5.21. The minimum atomic E-state index is 0.379. The Morgan fingerprint density at radius 3 is 1.94 bits per heavy atom. The second kappa shape index (κ2) is 9.23. The maximum Gasteiger partial charge on any atom is 0.161 e. The minimum Gasteiger partial charge on any atom is -0.493 e. The van der Waals surface area contributed by atoms with Gasteiger partial charge in [-0.25, -0.2) is 9.36 Å². The van der Waals surface area contributed by atoms with Gasteiger partial charge in [0.15, 0.2) is 23.0 Å². The Morgan fingerprint density at radius 1 is 0.781 bits per heavy atom. The Bertz CT molecular complexity index is 1230. The molecule has 0 amide bonds. The molecule has 0 aliphatic carbocycles. The summed E-state index contributed by atoms with van der Waals surface area (Å²) in [4.78, 5) is 0. The Hall–Kier alpha value is -3.65. The van der Waals surface area contributed by atoms with E-state index in [0.717, 1.165) is 22.5 Å². The van der Waals surface area contributed by atoms with E-state index in [4.69, 9.17) is 35.6 Å². The molecule has 0 saturated heterocycles. The number of benzene rings is 2. The molecule has 0 unspecified atom stereocenters. The van der Waals surface area contributed by atoms with Crippen molar-refractivity contribution in [1.29, 1.82) is 0 Å². The first kappa shape index (κ1) is 21.6. The standard InChI is InChI=1S/C23H23ClN4O4/c1-29-20-7-5-15(9-22(20)31-3)18-11-19(16-6-8-21(30-2)23(10-16)32-4)28(26-18)14-27-13-17(24)12-25-27/h5-13H,14H2,1-4H3. The van der Waals surface area contributed by atoms with E-state index in [1.165, 1.54) is 0 Å². The third kappa shape index (κ3) is 4.22. The summed E-state index contributed by atoms with van der Waals surface area (Å²) < 4.78 is 25.2. The lowest BCUT2D eigenvalue weighted by Gasteiger charge is -2.11. The van der Waals surface area contributed by atoms with Gasteiger partial charge in [0, 0.05) is 17.3 Å². The van der Waals surface area contributed by atoms with Crippen LogP contribution in [0.25, 0.3) is 22.5 Å². The van der Waals surface area contributed by atoms with E-state index in [2.05, 4.69) is 5.10 Å². The van der Waals surface area contributed by atoms with Crippen molar-refractivity contribution in [2.45, 2.75) is 6.67 Å².